The van der Waals surface area contributed by atoms with Crippen LogP contribution in [0.2, 0.25) is 13.3 Å². The fourth-order valence-corrected chi connectivity index (χ4v) is 27.0. The fraction of sp³-hybridized carbons (Fsp3) is 0.440. The van der Waals surface area contributed by atoms with Crippen molar-refractivity contribution in [3.63, 3.8) is 0 Å². The van der Waals surface area contributed by atoms with Crippen molar-refractivity contribution < 1.29 is 41.8 Å². The topological polar surface area (TPSA) is 154 Å². The standard InChI is InChI=1S/C14H11IO2.C14H23N2O5S.C14H11O2.2C4H9.Sn/c15-13-8-4-7-12(9-13)14(16)17-10-11-5-2-1-3-6-11;1-2-3-8-21-12(17)7-5-4-6-11-13-10(9-22(11,19)20)15-14(18)16-13;15-14(13-9-5-2-6-10-13)16-11-12-7-3-1-4-8-12;2*1-3-4-2;/h1-9H,10H2;10-11,13H,1-9H2,(H2,15,16,18);1-5,7-10H,11H2;2*1,3-4H2,2H3;/t;10-,11-,13-;;;;/m.0..../s1/i15-2;;;;;. The van der Waals surface area contributed by atoms with Crippen LogP contribution in [-0.2, 0) is 42.1 Å². The van der Waals surface area contributed by atoms with Crippen molar-refractivity contribution in [1.82, 2.24) is 10.6 Å². The van der Waals surface area contributed by atoms with Crippen LogP contribution >= 0.6 is 22.6 Å². The first-order chi connectivity index (χ1) is 30.9. The molecule has 2 amide bonds. The molecule has 2 aliphatic heterocycles. The quantitative estimate of drug-likeness (QED) is 0.0185. The number of carbonyl (C=O) groups is 4. The summed E-state index contributed by atoms with van der Waals surface area (Å²) in [4.78, 5) is 48.9. The molecule has 64 heavy (non-hydrogen) atoms. The number of benzene rings is 4. The van der Waals surface area contributed by atoms with E-state index in [4.69, 9.17) is 14.2 Å². The molecule has 14 heteroatoms. The van der Waals surface area contributed by atoms with Crippen molar-refractivity contribution in [2.24, 2.45) is 0 Å². The normalized spacial score (nSPS) is 17.2. The monoisotopic (exact) mass is 1110 g/mol. The largest absolute Gasteiger partial charge is 0.457 e. The first-order valence-corrected chi connectivity index (χ1v) is 32.9. The van der Waals surface area contributed by atoms with Crippen molar-refractivity contribution in [3.8, 4) is 0 Å². The number of carbonyl (C=O) groups excluding carboxylic acids is 4. The van der Waals surface area contributed by atoms with Gasteiger partial charge in [0.25, 0.3) is 0 Å². The number of unbranched alkanes of at least 4 members (excludes halogenated alkanes) is 4. The summed E-state index contributed by atoms with van der Waals surface area (Å²) in [5, 5.41) is 4.81. The molecule has 0 aliphatic carbocycles. The van der Waals surface area contributed by atoms with Crippen LogP contribution < -0.4 is 14.2 Å². The van der Waals surface area contributed by atoms with E-state index in [2.05, 4.69) is 59.2 Å². The number of rotatable bonds is 23. The van der Waals surface area contributed by atoms with Gasteiger partial charge in [-0.15, -0.1) is 0 Å². The third-order valence-corrected chi connectivity index (χ3v) is 30.5. The Bertz CT molecular complexity index is 2220. The van der Waals surface area contributed by atoms with E-state index in [1.165, 1.54) is 25.3 Å². The van der Waals surface area contributed by atoms with E-state index in [9.17, 15) is 27.6 Å². The van der Waals surface area contributed by atoms with Crippen molar-refractivity contribution >= 4 is 78.3 Å². The number of amides is 2. The summed E-state index contributed by atoms with van der Waals surface area (Å²) < 4.78 is 47.5. The van der Waals surface area contributed by atoms with Gasteiger partial charge in [0.05, 0.1) is 17.4 Å². The van der Waals surface area contributed by atoms with E-state index < -0.39 is 33.5 Å². The molecule has 2 N–H and O–H groups in total. The average molecular weight is 1110 g/mol. The Kier molecular flexibility index (Phi) is 20.9. The van der Waals surface area contributed by atoms with Crippen LogP contribution in [-0.4, -0.2) is 80.4 Å². The predicted molar refractivity (Wildman–Crippen MR) is 262 cm³/mol. The predicted octanol–water partition coefficient (Wildman–Crippen LogP) is 9.68. The summed E-state index contributed by atoms with van der Waals surface area (Å²) in [5.74, 6) is -0.850. The zero-order chi connectivity index (χ0) is 45.8. The van der Waals surface area contributed by atoms with Crippen LogP contribution in [0.3, 0.4) is 0 Å². The van der Waals surface area contributed by atoms with Crippen LogP contribution in [0.25, 0.3) is 0 Å². The number of hydrogen-bond acceptors (Lipinski definition) is 9. The molecule has 2 fully saturated rings. The number of halogens is 1. The van der Waals surface area contributed by atoms with Crippen molar-refractivity contribution in [1.29, 1.82) is 0 Å². The Morgan fingerprint density at radius 3 is 1.84 bits per heavy atom. The van der Waals surface area contributed by atoms with Gasteiger partial charge in [0, 0.05) is 3.57 Å². The second-order valence-corrected chi connectivity index (χ2v) is 33.5. The number of hydrogen-bond donors (Lipinski definition) is 2. The maximum atomic E-state index is 13.0. The molecule has 3 atom stereocenters. The Balaban J connectivity index is 0.000000377. The smallest absolute Gasteiger partial charge is 0.338 e. The summed E-state index contributed by atoms with van der Waals surface area (Å²) in [6, 6.07) is 33.9. The molecule has 0 bridgehead atoms. The molecule has 0 saturated carbocycles. The zero-order valence-electron chi connectivity index (χ0n) is 37.1. The number of esters is 3. The van der Waals surface area contributed by atoms with Gasteiger partial charge in [0.1, 0.15) is 6.61 Å². The number of fused-ring (bicyclic) bond motifs is 1. The number of sulfone groups is 1. The zero-order valence-corrected chi connectivity index (χ0v) is 42.9. The molecule has 0 radical (unpaired) electrons. The maximum Gasteiger partial charge on any atom is 0.338 e. The van der Waals surface area contributed by atoms with Gasteiger partial charge < -0.3 is 15.4 Å². The molecule has 2 aliphatic rings. The molecule has 0 unspecified atom stereocenters. The fourth-order valence-electron chi connectivity index (χ4n) is 8.49. The van der Waals surface area contributed by atoms with Gasteiger partial charge in [0.15, 0.2) is 0 Å². The molecule has 2 saturated heterocycles. The van der Waals surface area contributed by atoms with Gasteiger partial charge in [-0.3, -0.25) is 0 Å². The molecule has 6 rings (SSSR count). The van der Waals surface area contributed by atoms with Crippen LogP contribution in [0.15, 0.2) is 109 Å². The molecule has 2 heterocycles. The van der Waals surface area contributed by atoms with E-state index in [1.807, 2.05) is 91.0 Å². The van der Waals surface area contributed by atoms with Crippen LogP contribution in [0.4, 0.5) is 4.79 Å². The van der Waals surface area contributed by atoms with E-state index in [-0.39, 0.29) is 54.8 Å². The summed E-state index contributed by atoms with van der Waals surface area (Å²) in [5.41, 5.74) is 3.17. The van der Waals surface area contributed by atoms with Gasteiger partial charge in [-0.05, 0) is 46.4 Å². The summed E-state index contributed by atoms with van der Waals surface area (Å²) in [6.07, 6.45) is 8.27. The summed E-state index contributed by atoms with van der Waals surface area (Å²) in [7, 11) is -3.27. The summed E-state index contributed by atoms with van der Waals surface area (Å²) >= 11 is -0.738. The molecule has 4 aromatic rings. The van der Waals surface area contributed by atoms with Crippen LogP contribution in [0.5, 0.6) is 0 Å². The van der Waals surface area contributed by atoms with E-state index >= 15 is 0 Å². The molecule has 344 valence electrons. The number of ether oxygens (including phenoxy) is 3. The van der Waals surface area contributed by atoms with Crippen LogP contribution in [0, 0.1) is 3.57 Å². The number of nitrogens with one attached hydrogen (secondary N) is 2. The minimum absolute atomic E-state index is 0.0294. The second-order valence-electron chi connectivity index (χ2n) is 16.7. The molecule has 0 spiro atoms. The Labute approximate surface area is 397 Å². The van der Waals surface area contributed by atoms with Gasteiger partial charge in [-0.25, -0.2) is 18.0 Å². The second kappa shape index (κ2) is 26.3. The first kappa shape index (κ1) is 51.0. The van der Waals surface area contributed by atoms with Gasteiger partial charge in [-0.1, -0.05) is 36.4 Å². The first-order valence-electron chi connectivity index (χ1n) is 22.7. The Morgan fingerprint density at radius 2 is 1.25 bits per heavy atom. The third-order valence-electron chi connectivity index (χ3n) is 12.0. The van der Waals surface area contributed by atoms with Crippen LogP contribution in [0.1, 0.15) is 110 Å². The molecule has 4 aromatic carbocycles. The van der Waals surface area contributed by atoms with Crippen molar-refractivity contribution in [2.75, 3.05) is 12.4 Å². The SMILES string of the molecule is CCC[CH2][Sn]([CH2]CCC)([CH2]CCCOC(=O)CCCC[C@H]1[C@H]2NC(=O)N[C@H]2CS1(=O)=O)[c]1cccc(C(=O)OCc2ccccc2)c1.O=C(OCc1ccccc1)c1cccc([125I])c1. The number of urea groups is 1. The van der Waals surface area contributed by atoms with Crippen molar-refractivity contribution in [2.45, 2.75) is 122 Å². The van der Waals surface area contributed by atoms with Gasteiger partial charge in [0.2, 0.25) is 0 Å². The molecule has 0 aromatic heterocycles. The minimum Gasteiger partial charge on any atom is -0.457 e. The van der Waals surface area contributed by atoms with E-state index in [0.717, 1.165) is 44.8 Å². The van der Waals surface area contributed by atoms with Crippen molar-refractivity contribution in [3.05, 3.63) is 135 Å². The maximum absolute atomic E-state index is 13.0. The Morgan fingerprint density at radius 1 is 0.672 bits per heavy atom. The molecular weight excluding hydrogens is 1050 g/mol. The van der Waals surface area contributed by atoms with E-state index in [1.54, 1.807) is 6.07 Å². The van der Waals surface area contributed by atoms with Gasteiger partial charge >= 0.3 is 256 Å². The molecular formula is C50H63IN2O9SSn. The third kappa shape index (κ3) is 15.9. The average Bonchev–Trinajstić information content (AvgIpc) is 3.77. The van der Waals surface area contributed by atoms with Gasteiger partial charge in [-0.2, -0.15) is 0 Å². The minimum atomic E-state index is -3.27. The summed E-state index contributed by atoms with van der Waals surface area (Å²) in [6.45, 7) is 5.42. The molecule has 11 nitrogen and oxygen atoms in total. The van der Waals surface area contributed by atoms with E-state index in [0.29, 0.717) is 43.6 Å². The Hall–Kier alpha value is -3.96.